The van der Waals surface area contributed by atoms with Crippen LogP contribution in [0.2, 0.25) is 0 Å². The fourth-order valence-corrected chi connectivity index (χ4v) is 4.57. The van der Waals surface area contributed by atoms with Gasteiger partial charge in [-0.05, 0) is 31.2 Å². The van der Waals surface area contributed by atoms with Crippen molar-refractivity contribution in [1.82, 2.24) is 24.1 Å². The number of fused-ring (bicyclic) bond motifs is 1. The third-order valence-electron chi connectivity index (χ3n) is 6.18. The van der Waals surface area contributed by atoms with E-state index in [1.807, 2.05) is 42.9 Å². The second kappa shape index (κ2) is 10.3. The number of hydrogen-bond donors (Lipinski definition) is 0. The van der Waals surface area contributed by atoms with Gasteiger partial charge in [0, 0.05) is 34.0 Å². The van der Waals surface area contributed by atoms with Crippen LogP contribution < -0.4 is 0 Å². The SMILES string of the molecule is CC(=O)OC[C@H]1O[C@@H](n2cnc3c(-c4cccn4C)nc(-c4ccc(C)o4)nc32)[C@H](OC(C)=O)[C@@H]1OC(C)=O. The molecule has 4 atom stereocenters. The minimum Gasteiger partial charge on any atom is -0.463 e. The lowest BCUT2D eigenvalue weighted by atomic mass is 10.1. The zero-order chi connectivity index (χ0) is 27.8. The molecule has 13 nitrogen and oxygen atoms in total. The smallest absolute Gasteiger partial charge is 0.303 e. The molecule has 5 rings (SSSR count). The summed E-state index contributed by atoms with van der Waals surface area (Å²) < 4.78 is 31.7. The highest BCUT2D eigenvalue weighted by Crippen LogP contribution is 2.37. The van der Waals surface area contributed by atoms with Crippen molar-refractivity contribution in [2.75, 3.05) is 6.61 Å². The predicted molar refractivity (Wildman–Crippen MR) is 134 cm³/mol. The number of hydrogen-bond acceptors (Lipinski definition) is 11. The summed E-state index contributed by atoms with van der Waals surface area (Å²) in [5.41, 5.74) is 2.15. The molecule has 4 aromatic rings. The minimum absolute atomic E-state index is 0.227. The fourth-order valence-electron chi connectivity index (χ4n) is 4.57. The Labute approximate surface area is 222 Å². The van der Waals surface area contributed by atoms with E-state index < -0.39 is 42.4 Å². The van der Waals surface area contributed by atoms with E-state index in [4.69, 9.17) is 33.3 Å². The molecule has 5 heterocycles. The predicted octanol–water partition coefficient (Wildman–Crippen LogP) is 2.72. The molecule has 1 fully saturated rings. The highest BCUT2D eigenvalue weighted by molar-refractivity contribution is 5.88. The molecular formula is C26H27N5O8. The molecule has 13 heteroatoms. The van der Waals surface area contributed by atoms with Gasteiger partial charge in [0.05, 0.1) is 12.0 Å². The quantitative estimate of drug-likeness (QED) is 0.253. The van der Waals surface area contributed by atoms with Crippen LogP contribution in [0.25, 0.3) is 34.1 Å². The van der Waals surface area contributed by atoms with Crippen LogP contribution in [0.5, 0.6) is 0 Å². The maximum atomic E-state index is 12.1. The van der Waals surface area contributed by atoms with E-state index in [1.165, 1.54) is 27.1 Å². The molecule has 0 radical (unpaired) electrons. The van der Waals surface area contributed by atoms with E-state index in [-0.39, 0.29) is 6.61 Å². The zero-order valence-electron chi connectivity index (χ0n) is 22.0. The number of esters is 3. The molecule has 0 saturated carbocycles. The summed E-state index contributed by atoms with van der Waals surface area (Å²) in [6.07, 6.45) is -0.723. The molecule has 4 aromatic heterocycles. The van der Waals surface area contributed by atoms with E-state index >= 15 is 0 Å². The van der Waals surface area contributed by atoms with Crippen molar-refractivity contribution >= 4 is 29.1 Å². The molecule has 1 aliphatic rings. The molecule has 0 aliphatic carbocycles. The third-order valence-corrected chi connectivity index (χ3v) is 6.18. The molecule has 0 amide bonds. The first-order valence-electron chi connectivity index (χ1n) is 12.2. The van der Waals surface area contributed by atoms with Gasteiger partial charge in [0.2, 0.25) is 0 Å². The lowest BCUT2D eigenvalue weighted by molar-refractivity contribution is -0.166. The Bertz CT molecular complexity index is 1550. The van der Waals surface area contributed by atoms with Crippen molar-refractivity contribution in [2.24, 2.45) is 7.05 Å². The molecule has 39 heavy (non-hydrogen) atoms. The topological polar surface area (TPSA) is 150 Å². The van der Waals surface area contributed by atoms with Crippen LogP contribution in [0.1, 0.15) is 32.8 Å². The number of carbonyl (C=O) groups is 3. The summed E-state index contributed by atoms with van der Waals surface area (Å²) in [6.45, 7) is 5.30. The first-order valence-corrected chi connectivity index (χ1v) is 12.2. The van der Waals surface area contributed by atoms with Gasteiger partial charge in [0.15, 0.2) is 35.7 Å². The molecule has 0 N–H and O–H groups in total. The van der Waals surface area contributed by atoms with Gasteiger partial charge in [-0.3, -0.25) is 19.0 Å². The van der Waals surface area contributed by atoms with Crippen molar-refractivity contribution in [2.45, 2.75) is 52.2 Å². The van der Waals surface area contributed by atoms with Gasteiger partial charge in [0.25, 0.3) is 0 Å². The van der Waals surface area contributed by atoms with Crippen LogP contribution in [-0.4, -0.2) is 66.9 Å². The largest absolute Gasteiger partial charge is 0.463 e. The maximum absolute atomic E-state index is 12.1. The van der Waals surface area contributed by atoms with E-state index in [1.54, 1.807) is 10.6 Å². The van der Waals surface area contributed by atoms with Gasteiger partial charge in [0.1, 0.15) is 29.7 Å². The van der Waals surface area contributed by atoms with E-state index in [0.29, 0.717) is 34.2 Å². The Morgan fingerprint density at radius 2 is 1.74 bits per heavy atom. The number of nitrogens with zero attached hydrogens (tertiary/aromatic N) is 5. The summed E-state index contributed by atoms with van der Waals surface area (Å²) in [5.74, 6) is -0.327. The number of aryl methyl sites for hydroxylation is 2. The van der Waals surface area contributed by atoms with Crippen molar-refractivity contribution in [3.8, 4) is 23.0 Å². The second-order valence-electron chi connectivity index (χ2n) is 9.15. The minimum atomic E-state index is -1.09. The summed E-state index contributed by atoms with van der Waals surface area (Å²) in [5, 5.41) is 0. The second-order valence-corrected chi connectivity index (χ2v) is 9.15. The summed E-state index contributed by atoms with van der Waals surface area (Å²) in [4.78, 5) is 49.6. The summed E-state index contributed by atoms with van der Waals surface area (Å²) >= 11 is 0. The first kappa shape index (κ1) is 26.1. The van der Waals surface area contributed by atoms with Gasteiger partial charge < -0.3 is 27.9 Å². The Morgan fingerprint density at radius 3 is 2.36 bits per heavy atom. The van der Waals surface area contributed by atoms with E-state index in [9.17, 15) is 14.4 Å². The van der Waals surface area contributed by atoms with Gasteiger partial charge in [-0.25, -0.2) is 15.0 Å². The van der Waals surface area contributed by atoms with E-state index in [0.717, 1.165) is 5.69 Å². The fraction of sp³-hybridized carbons (Fsp3) is 0.385. The van der Waals surface area contributed by atoms with Crippen LogP contribution in [0.4, 0.5) is 0 Å². The number of carbonyl (C=O) groups excluding carboxylic acids is 3. The monoisotopic (exact) mass is 537 g/mol. The lowest BCUT2D eigenvalue weighted by Gasteiger charge is -2.23. The Hall–Kier alpha value is -4.52. The van der Waals surface area contributed by atoms with Gasteiger partial charge in [-0.1, -0.05) is 0 Å². The maximum Gasteiger partial charge on any atom is 0.303 e. The zero-order valence-corrected chi connectivity index (χ0v) is 22.0. The Kier molecular flexibility index (Phi) is 6.91. The Balaban J connectivity index is 1.67. The third kappa shape index (κ3) is 5.12. The average molecular weight is 538 g/mol. The first-order chi connectivity index (χ1) is 18.6. The van der Waals surface area contributed by atoms with Gasteiger partial charge >= 0.3 is 17.9 Å². The van der Waals surface area contributed by atoms with Crippen LogP contribution in [0, 0.1) is 6.92 Å². The number of imidazole rings is 1. The number of rotatable bonds is 7. The van der Waals surface area contributed by atoms with Crippen molar-refractivity contribution in [3.05, 3.63) is 42.5 Å². The van der Waals surface area contributed by atoms with Gasteiger partial charge in [-0.15, -0.1) is 0 Å². The molecule has 0 spiro atoms. The Morgan fingerprint density at radius 1 is 1.00 bits per heavy atom. The summed E-state index contributed by atoms with van der Waals surface area (Å²) in [6, 6.07) is 7.36. The van der Waals surface area contributed by atoms with Crippen LogP contribution in [0.3, 0.4) is 0 Å². The standard InChI is InChI=1S/C26H27N5O8/c1-13-8-9-18(36-13)24-28-20(17-7-6-10-30(17)5)21-25(29-24)31(12-27-21)26-23(38-16(4)34)22(37-15(3)33)19(39-26)11-35-14(2)32/h6-10,12,19,22-23,26H,11H2,1-5H3/t19-,22-,23-,26-/m1/s1. The highest BCUT2D eigenvalue weighted by atomic mass is 16.7. The molecular weight excluding hydrogens is 510 g/mol. The number of furan rings is 1. The molecule has 1 saturated heterocycles. The molecule has 0 unspecified atom stereocenters. The van der Waals surface area contributed by atoms with Gasteiger partial charge in [-0.2, -0.15) is 0 Å². The summed E-state index contributed by atoms with van der Waals surface area (Å²) in [7, 11) is 1.89. The number of ether oxygens (including phenoxy) is 4. The average Bonchev–Trinajstić information content (AvgIpc) is 3.64. The normalized spacial score (nSPS) is 20.7. The lowest BCUT2D eigenvalue weighted by Crippen LogP contribution is -2.40. The molecule has 0 aromatic carbocycles. The van der Waals surface area contributed by atoms with E-state index in [2.05, 4.69) is 4.98 Å². The molecule has 0 bridgehead atoms. The van der Waals surface area contributed by atoms with Crippen molar-refractivity contribution < 1.29 is 37.7 Å². The van der Waals surface area contributed by atoms with Crippen LogP contribution in [-0.2, 0) is 40.4 Å². The number of aromatic nitrogens is 5. The highest BCUT2D eigenvalue weighted by Gasteiger charge is 2.51. The van der Waals surface area contributed by atoms with Crippen molar-refractivity contribution in [1.29, 1.82) is 0 Å². The van der Waals surface area contributed by atoms with Crippen LogP contribution >= 0.6 is 0 Å². The molecule has 1 aliphatic heterocycles. The van der Waals surface area contributed by atoms with Crippen molar-refractivity contribution in [3.63, 3.8) is 0 Å². The molecule has 204 valence electrons. The van der Waals surface area contributed by atoms with Crippen LogP contribution in [0.15, 0.2) is 41.2 Å².